The number of hydrogen-bond donors (Lipinski definition) is 2. The molecular weight excluding hydrogens is 616 g/mol. The smallest absolute Gasteiger partial charge is 0.343 e. The lowest BCUT2D eigenvalue weighted by Gasteiger charge is -2.41. The highest BCUT2D eigenvalue weighted by Crippen LogP contribution is 2.44. The lowest BCUT2D eigenvalue weighted by atomic mass is 9.65. The Hall–Kier alpha value is -5.65. The van der Waals surface area contributed by atoms with Crippen LogP contribution >= 0.6 is 0 Å². The number of esters is 2. The first-order valence-corrected chi connectivity index (χ1v) is 15.3. The third-order valence-corrected chi connectivity index (χ3v) is 8.18. The zero-order chi connectivity index (χ0) is 34.4. The number of ether oxygens (including phenoxy) is 3. The highest BCUT2D eigenvalue weighted by molar-refractivity contribution is 6.29. The van der Waals surface area contributed by atoms with Crippen LogP contribution in [-0.4, -0.2) is 48.7 Å². The van der Waals surface area contributed by atoms with Crippen LogP contribution in [0.2, 0.25) is 0 Å². The van der Waals surface area contributed by atoms with Crippen LogP contribution in [0, 0.1) is 0 Å². The molecule has 0 spiro atoms. The van der Waals surface area contributed by atoms with Gasteiger partial charge in [-0.05, 0) is 73.2 Å². The van der Waals surface area contributed by atoms with E-state index in [4.69, 9.17) is 25.7 Å². The first kappa shape index (κ1) is 33.7. The number of carboxylic acid groups (broad SMARTS) is 1. The summed E-state index contributed by atoms with van der Waals surface area (Å²) >= 11 is 0. The number of carboxylic acids is 1. The van der Waals surface area contributed by atoms with Crippen LogP contribution in [0.1, 0.15) is 62.3 Å². The molecule has 2 atom stereocenters. The Balaban J connectivity index is 1.33. The summed E-state index contributed by atoms with van der Waals surface area (Å²) in [6.45, 7) is 4.16. The molecule has 2 aliphatic rings. The van der Waals surface area contributed by atoms with E-state index in [0.29, 0.717) is 19.0 Å². The molecule has 0 amide bonds. The molecule has 3 aromatic rings. The van der Waals surface area contributed by atoms with Gasteiger partial charge in [0.15, 0.2) is 11.6 Å². The number of nitrogens with two attached hydrogens (primary N) is 2. The van der Waals surface area contributed by atoms with E-state index in [1.165, 1.54) is 24.3 Å². The maximum atomic E-state index is 13.9. The molecule has 0 fully saturated rings. The van der Waals surface area contributed by atoms with E-state index in [9.17, 15) is 29.1 Å². The largest absolute Gasteiger partial charge is 0.545 e. The Morgan fingerprint density at radius 3 is 2.10 bits per heavy atom. The number of benzene rings is 3. The number of carbonyl (C=O) groups excluding carboxylic acids is 5. The number of carbonyl (C=O) groups is 5. The fraction of sp³-hybridized carbons (Fsp3) is 0.216. The van der Waals surface area contributed by atoms with Crippen molar-refractivity contribution in [3.8, 4) is 11.5 Å². The molecule has 0 saturated heterocycles. The van der Waals surface area contributed by atoms with Gasteiger partial charge in [-0.2, -0.15) is 0 Å². The first-order valence-electron chi connectivity index (χ1n) is 15.3. The van der Waals surface area contributed by atoms with Crippen LogP contribution in [0.4, 0.5) is 0 Å². The van der Waals surface area contributed by atoms with Gasteiger partial charge in [-0.3, -0.25) is 9.59 Å². The van der Waals surface area contributed by atoms with Crippen molar-refractivity contribution in [3.05, 3.63) is 131 Å². The normalized spacial score (nSPS) is 18.3. The monoisotopic (exact) mass is 649 g/mol. The van der Waals surface area contributed by atoms with Gasteiger partial charge in [0.25, 0.3) is 0 Å². The molecule has 3 aromatic carbocycles. The van der Waals surface area contributed by atoms with E-state index in [-0.39, 0.29) is 39.1 Å². The zero-order valence-electron chi connectivity index (χ0n) is 25.9. The molecule has 0 radical (unpaired) electrons. The number of Topliss-reactive ketones (excluding diaryl/α,β-unsaturated/α-hetero) is 2. The van der Waals surface area contributed by atoms with Gasteiger partial charge >= 0.3 is 11.9 Å². The molecule has 2 unspecified atom stereocenters. The Kier molecular flexibility index (Phi) is 10.1. The van der Waals surface area contributed by atoms with Gasteiger partial charge in [-0.25, -0.2) is 9.59 Å². The van der Waals surface area contributed by atoms with Gasteiger partial charge in [-0.15, -0.1) is 0 Å². The maximum Gasteiger partial charge on any atom is 0.343 e. The molecule has 0 heterocycles. The summed E-state index contributed by atoms with van der Waals surface area (Å²) in [5.74, 6) is -3.43. The van der Waals surface area contributed by atoms with Crippen molar-refractivity contribution in [1.82, 2.24) is 0 Å². The number of aliphatic carboxylic acids is 1. The second-order valence-corrected chi connectivity index (χ2v) is 11.3. The molecule has 0 aliphatic heterocycles. The average molecular weight is 650 g/mol. The Morgan fingerprint density at radius 1 is 0.833 bits per heavy atom. The number of fused-ring (bicyclic) bond motifs is 1. The average Bonchev–Trinajstić information content (AvgIpc) is 3.09. The summed E-state index contributed by atoms with van der Waals surface area (Å²) in [5.41, 5.74) is 10.2. The van der Waals surface area contributed by atoms with Crippen LogP contribution < -0.4 is 26.0 Å². The zero-order valence-corrected chi connectivity index (χ0v) is 25.9. The number of rotatable bonds is 13. The first-order chi connectivity index (χ1) is 23.1. The highest BCUT2D eigenvalue weighted by Gasteiger charge is 2.49. The number of unbranched alkanes of at least 4 members (excludes halogenated alkanes) is 3. The predicted octanol–water partition coefficient (Wildman–Crippen LogP) is 3.12. The summed E-state index contributed by atoms with van der Waals surface area (Å²) in [5, 5.41) is 12.2. The van der Waals surface area contributed by atoms with Crippen LogP contribution in [0.15, 0.2) is 108 Å². The molecule has 5 rings (SSSR count). The molecular formula is C37H33N2O9-. The second-order valence-electron chi connectivity index (χ2n) is 11.3. The van der Waals surface area contributed by atoms with Crippen molar-refractivity contribution < 1.29 is 43.3 Å². The third kappa shape index (κ3) is 6.73. The van der Waals surface area contributed by atoms with Crippen molar-refractivity contribution in [2.75, 3.05) is 13.2 Å². The van der Waals surface area contributed by atoms with E-state index in [1.54, 1.807) is 48.5 Å². The lowest BCUT2D eigenvalue weighted by molar-refractivity contribution is -0.299. The van der Waals surface area contributed by atoms with Crippen LogP contribution in [0.25, 0.3) is 0 Å². The molecule has 2 aliphatic carbocycles. The molecule has 48 heavy (non-hydrogen) atoms. The fourth-order valence-electron chi connectivity index (χ4n) is 5.83. The number of hydrogen-bond acceptors (Lipinski definition) is 11. The minimum absolute atomic E-state index is 0.0347. The quantitative estimate of drug-likeness (QED) is 0.120. The minimum Gasteiger partial charge on any atom is -0.545 e. The van der Waals surface area contributed by atoms with Gasteiger partial charge in [0.05, 0.1) is 36.3 Å². The van der Waals surface area contributed by atoms with E-state index < -0.39 is 46.6 Å². The van der Waals surface area contributed by atoms with Gasteiger partial charge in [0.1, 0.15) is 11.5 Å². The van der Waals surface area contributed by atoms with Gasteiger partial charge in [0, 0.05) is 28.3 Å². The van der Waals surface area contributed by atoms with Crippen LogP contribution in [0.5, 0.6) is 11.5 Å². The van der Waals surface area contributed by atoms with Crippen molar-refractivity contribution in [3.63, 3.8) is 0 Å². The van der Waals surface area contributed by atoms with Gasteiger partial charge in [-0.1, -0.05) is 49.0 Å². The molecule has 11 heteroatoms. The minimum atomic E-state index is -2.05. The van der Waals surface area contributed by atoms with Crippen molar-refractivity contribution in [1.29, 1.82) is 0 Å². The van der Waals surface area contributed by atoms with E-state index in [0.717, 1.165) is 37.8 Å². The predicted molar refractivity (Wildman–Crippen MR) is 172 cm³/mol. The Bertz CT molecular complexity index is 1860. The molecule has 11 nitrogen and oxygen atoms in total. The third-order valence-electron chi connectivity index (χ3n) is 8.18. The number of ketones is 2. The SMILES string of the molecule is C=CC(=O)OCCCCCCOc1ccc(OC(=O)c2ccccc2C2(N)C=C(C(=O)[O-])C(N)C3=C2C(=O)c2ccccc2C3=O)cc1. The molecule has 246 valence electrons. The molecule has 4 N–H and O–H groups in total. The van der Waals surface area contributed by atoms with E-state index >= 15 is 0 Å². The topological polar surface area (TPSA) is 188 Å². The Morgan fingerprint density at radius 2 is 1.44 bits per heavy atom. The standard InChI is InChI=1S/C37H34N2O9/c1-2-29(40)47-20-10-4-3-9-19-46-22-15-17-23(18-16-22)48-36(45)26-13-7-8-14-28(26)37(39)21-27(35(43)44)32(38)30-31(37)34(42)25-12-6-5-11-24(25)33(30)41/h2,5-8,11-18,21,32H,1,3-4,9-10,19-20,38-39H2,(H,43,44)/p-1. The maximum absolute atomic E-state index is 13.9. The Labute approximate surface area is 276 Å². The van der Waals surface area contributed by atoms with Crippen molar-refractivity contribution in [2.45, 2.75) is 37.3 Å². The van der Waals surface area contributed by atoms with E-state index in [2.05, 4.69) is 6.58 Å². The van der Waals surface area contributed by atoms with E-state index in [1.807, 2.05) is 0 Å². The summed E-state index contributed by atoms with van der Waals surface area (Å²) < 4.78 is 16.4. The van der Waals surface area contributed by atoms with Crippen molar-refractivity contribution >= 4 is 29.5 Å². The highest BCUT2D eigenvalue weighted by atomic mass is 16.5. The van der Waals surface area contributed by atoms with Gasteiger partial charge < -0.3 is 35.6 Å². The summed E-state index contributed by atoms with van der Waals surface area (Å²) in [7, 11) is 0. The van der Waals surface area contributed by atoms with Crippen LogP contribution in [-0.2, 0) is 19.9 Å². The summed E-state index contributed by atoms with van der Waals surface area (Å²) in [6, 6.07) is 17.0. The summed E-state index contributed by atoms with van der Waals surface area (Å²) in [6.07, 6.45) is 5.51. The van der Waals surface area contributed by atoms with Crippen molar-refractivity contribution in [2.24, 2.45) is 11.5 Å². The second kappa shape index (κ2) is 14.4. The fourth-order valence-corrected chi connectivity index (χ4v) is 5.83. The molecule has 0 bridgehead atoms. The lowest BCUT2D eigenvalue weighted by Crippen LogP contribution is -2.53. The van der Waals surface area contributed by atoms with Crippen LogP contribution in [0.3, 0.4) is 0 Å². The van der Waals surface area contributed by atoms with Gasteiger partial charge in [0.2, 0.25) is 0 Å². The molecule has 0 saturated carbocycles. The summed E-state index contributed by atoms with van der Waals surface area (Å²) in [4.78, 5) is 64.4. The molecule has 0 aromatic heterocycles.